The number of carbonyl (C=O) groups excluding carboxylic acids is 1. The van der Waals surface area contributed by atoms with Crippen molar-refractivity contribution in [3.8, 4) is 0 Å². The molecule has 1 aliphatic rings. The second kappa shape index (κ2) is 8.50. The molecule has 25 heavy (non-hydrogen) atoms. The van der Waals surface area contributed by atoms with Crippen molar-refractivity contribution in [2.24, 2.45) is 5.10 Å². The van der Waals surface area contributed by atoms with Gasteiger partial charge in [-0.15, -0.1) is 0 Å². The van der Waals surface area contributed by atoms with E-state index in [2.05, 4.69) is 20.4 Å². The van der Waals surface area contributed by atoms with Crippen molar-refractivity contribution in [3.63, 3.8) is 0 Å². The van der Waals surface area contributed by atoms with E-state index in [0.717, 1.165) is 11.1 Å². The molecular weight excluding hydrogens is 316 g/mol. The summed E-state index contributed by atoms with van der Waals surface area (Å²) in [7, 11) is 0. The zero-order valence-corrected chi connectivity index (χ0v) is 14.3. The van der Waals surface area contributed by atoms with Gasteiger partial charge in [-0.3, -0.25) is 14.7 Å². The third-order valence-electron chi connectivity index (χ3n) is 4.15. The van der Waals surface area contributed by atoms with Crippen LogP contribution >= 0.6 is 0 Å². The van der Waals surface area contributed by atoms with Crippen LogP contribution in [-0.2, 0) is 9.53 Å². The molecule has 6 heteroatoms. The van der Waals surface area contributed by atoms with E-state index in [4.69, 9.17) is 4.74 Å². The normalized spacial score (nSPS) is 16.7. The molecule has 130 valence electrons. The van der Waals surface area contributed by atoms with Crippen LogP contribution in [0.2, 0.25) is 0 Å². The summed E-state index contributed by atoms with van der Waals surface area (Å²) in [6.07, 6.45) is 5.05. The van der Waals surface area contributed by atoms with Crippen molar-refractivity contribution < 1.29 is 9.53 Å². The molecule has 3 rings (SSSR count). The third-order valence-corrected chi connectivity index (χ3v) is 4.15. The first-order chi connectivity index (χ1) is 12.2. The van der Waals surface area contributed by atoms with Crippen LogP contribution in [0.1, 0.15) is 22.7 Å². The van der Waals surface area contributed by atoms with E-state index in [1.54, 1.807) is 18.6 Å². The number of pyridine rings is 1. The van der Waals surface area contributed by atoms with E-state index < -0.39 is 6.04 Å². The fraction of sp³-hybridized carbons (Fsp3) is 0.316. The highest BCUT2D eigenvalue weighted by Gasteiger charge is 2.28. The molecule has 1 saturated heterocycles. The van der Waals surface area contributed by atoms with E-state index in [-0.39, 0.29) is 5.91 Å². The number of hydrogen-bond acceptors (Lipinski definition) is 5. The zero-order valence-electron chi connectivity index (χ0n) is 14.3. The second-order valence-corrected chi connectivity index (χ2v) is 5.98. The summed E-state index contributed by atoms with van der Waals surface area (Å²) in [6, 6.07) is 11.3. The number of benzene rings is 1. The summed E-state index contributed by atoms with van der Waals surface area (Å²) in [5.41, 5.74) is 5.70. The monoisotopic (exact) mass is 338 g/mol. The number of rotatable bonds is 5. The Kier molecular flexibility index (Phi) is 5.87. The first kappa shape index (κ1) is 17.3. The Morgan fingerprint density at radius 2 is 1.88 bits per heavy atom. The Balaban J connectivity index is 1.71. The van der Waals surface area contributed by atoms with Gasteiger partial charge in [-0.25, -0.2) is 5.43 Å². The van der Waals surface area contributed by atoms with Crippen molar-refractivity contribution in [3.05, 3.63) is 65.5 Å². The zero-order chi connectivity index (χ0) is 17.5. The summed E-state index contributed by atoms with van der Waals surface area (Å²) in [4.78, 5) is 18.9. The van der Waals surface area contributed by atoms with Gasteiger partial charge in [-0.05, 0) is 30.2 Å². The Hall–Kier alpha value is -2.57. The maximum atomic E-state index is 12.8. The Morgan fingerprint density at radius 3 is 2.56 bits per heavy atom. The molecule has 1 fully saturated rings. The van der Waals surface area contributed by atoms with Gasteiger partial charge in [0.05, 0.1) is 19.4 Å². The van der Waals surface area contributed by atoms with Crippen LogP contribution < -0.4 is 5.43 Å². The molecule has 0 spiro atoms. The average molecular weight is 338 g/mol. The summed E-state index contributed by atoms with van der Waals surface area (Å²) in [5, 5.41) is 4.11. The van der Waals surface area contributed by atoms with Crippen molar-refractivity contribution in [2.75, 3.05) is 26.3 Å². The molecule has 2 heterocycles. The van der Waals surface area contributed by atoms with Gasteiger partial charge in [0.15, 0.2) is 0 Å². The maximum Gasteiger partial charge on any atom is 0.262 e. The van der Waals surface area contributed by atoms with Crippen LogP contribution in [0, 0.1) is 6.92 Å². The number of nitrogens with zero attached hydrogens (tertiary/aromatic N) is 3. The fourth-order valence-electron chi connectivity index (χ4n) is 2.79. The van der Waals surface area contributed by atoms with E-state index in [1.807, 2.05) is 43.3 Å². The predicted molar refractivity (Wildman–Crippen MR) is 96.3 cm³/mol. The lowest BCUT2D eigenvalue weighted by atomic mass is 10.1. The number of hydrazone groups is 1. The number of hydrogen-bond donors (Lipinski definition) is 1. The van der Waals surface area contributed by atoms with Gasteiger partial charge in [0.2, 0.25) is 0 Å². The van der Waals surface area contributed by atoms with E-state index in [1.165, 1.54) is 5.56 Å². The van der Waals surface area contributed by atoms with Gasteiger partial charge >= 0.3 is 0 Å². The molecule has 6 nitrogen and oxygen atoms in total. The van der Waals surface area contributed by atoms with Crippen LogP contribution in [0.5, 0.6) is 0 Å². The number of aryl methyl sites for hydroxylation is 1. The minimum Gasteiger partial charge on any atom is -0.379 e. The lowest BCUT2D eigenvalue weighted by molar-refractivity contribution is -0.128. The largest absolute Gasteiger partial charge is 0.379 e. The van der Waals surface area contributed by atoms with Gasteiger partial charge < -0.3 is 4.74 Å². The maximum absolute atomic E-state index is 12.8. The second-order valence-electron chi connectivity index (χ2n) is 5.98. The first-order valence-corrected chi connectivity index (χ1v) is 8.35. The molecule has 2 aromatic rings. The van der Waals surface area contributed by atoms with Crippen LogP contribution in [0.25, 0.3) is 0 Å². The molecule has 1 atom stereocenters. The lowest BCUT2D eigenvalue weighted by Crippen LogP contribution is -2.44. The molecule has 0 aliphatic carbocycles. The Bertz CT molecular complexity index is 710. The molecule has 1 N–H and O–H groups in total. The number of amides is 1. The Morgan fingerprint density at radius 1 is 1.20 bits per heavy atom. The van der Waals surface area contributed by atoms with Gasteiger partial charge in [0.1, 0.15) is 6.04 Å². The number of aromatic nitrogens is 1. The number of carbonyl (C=O) groups is 1. The molecular formula is C19H22N4O2. The SMILES string of the molecule is Cc1ccc(/C=N\NC(=O)[C@@H](c2ccncc2)N2CCOCC2)cc1. The van der Waals surface area contributed by atoms with Crippen molar-refractivity contribution in [1.29, 1.82) is 0 Å². The lowest BCUT2D eigenvalue weighted by Gasteiger charge is -2.33. The summed E-state index contributed by atoms with van der Waals surface area (Å²) < 4.78 is 5.40. The third kappa shape index (κ3) is 4.71. The van der Waals surface area contributed by atoms with Gasteiger partial charge in [-0.1, -0.05) is 29.8 Å². The summed E-state index contributed by atoms with van der Waals surface area (Å²) in [5.74, 6) is -0.156. The van der Waals surface area contributed by atoms with Crippen LogP contribution in [-0.4, -0.2) is 48.3 Å². The van der Waals surface area contributed by atoms with E-state index in [9.17, 15) is 4.79 Å². The van der Waals surface area contributed by atoms with Crippen molar-refractivity contribution in [1.82, 2.24) is 15.3 Å². The van der Waals surface area contributed by atoms with E-state index in [0.29, 0.717) is 26.3 Å². The molecule has 0 unspecified atom stereocenters. The van der Waals surface area contributed by atoms with E-state index >= 15 is 0 Å². The average Bonchev–Trinajstić information content (AvgIpc) is 2.65. The minimum atomic E-state index is -0.401. The smallest absolute Gasteiger partial charge is 0.262 e. The summed E-state index contributed by atoms with van der Waals surface area (Å²) in [6.45, 7) is 4.71. The number of nitrogens with one attached hydrogen (secondary N) is 1. The molecule has 1 aliphatic heterocycles. The minimum absolute atomic E-state index is 0.156. The first-order valence-electron chi connectivity index (χ1n) is 8.35. The van der Waals surface area contributed by atoms with Crippen LogP contribution in [0.3, 0.4) is 0 Å². The highest BCUT2D eigenvalue weighted by atomic mass is 16.5. The highest BCUT2D eigenvalue weighted by molar-refractivity contribution is 5.85. The van der Waals surface area contributed by atoms with Gasteiger partial charge in [0.25, 0.3) is 5.91 Å². The predicted octanol–water partition coefficient (Wildman–Crippen LogP) is 1.91. The summed E-state index contributed by atoms with van der Waals surface area (Å²) >= 11 is 0. The van der Waals surface area contributed by atoms with Crippen LogP contribution in [0.4, 0.5) is 0 Å². The number of ether oxygens (including phenoxy) is 1. The molecule has 0 bridgehead atoms. The molecule has 1 aromatic carbocycles. The number of morpholine rings is 1. The standard InChI is InChI=1S/C19H22N4O2/c1-15-2-4-16(5-3-15)14-21-22-19(24)18(17-6-8-20-9-7-17)23-10-12-25-13-11-23/h2-9,14,18H,10-13H2,1H3,(H,22,24)/b21-14-/t18-/m1/s1. The quantitative estimate of drug-likeness (QED) is 0.668. The highest BCUT2D eigenvalue weighted by Crippen LogP contribution is 2.21. The van der Waals surface area contributed by atoms with Gasteiger partial charge in [-0.2, -0.15) is 5.10 Å². The fourth-order valence-corrected chi connectivity index (χ4v) is 2.79. The molecule has 1 amide bonds. The van der Waals surface area contributed by atoms with Crippen molar-refractivity contribution in [2.45, 2.75) is 13.0 Å². The molecule has 0 radical (unpaired) electrons. The topological polar surface area (TPSA) is 66.8 Å². The van der Waals surface area contributed by atoms with Crippen LogP contribution in [0.15, 0.2) is 53.9 Å². The Labute approximate surface area is 147 Å². The molecule has 1 aromatic heterocycles. The molecule has 0 saturated carbocycles. The van der Waals surface area contributed by atoms with Crippen molar-refractivity contribution >= 4 is 12.1 Å². The van der Waals surface area contributed by atoms with Gasteiger partial charge in [0, 0.05) is 25.5 Å².